The van der Waals surface area contributed by atoms with Gasteiger partial charge in [-0.25, -0.2) is 4.79 Å². The van der Waals surface area contributed by atoms with E-state index >= 15 is 0 Å². The molecule has 0 aliphatic carbocycles. The van der Waals surface area contributed by atoms with Gasteiger partial charge in [0.05, 0.1) is 5.52 Å². The van der Waals surface area contributed by atoms with Crippen LogP contribution in [0.4, 0.5) is 0 Å². The fourth-order valence-electron chi connectivity index (χ4n) is 1.92. The van der Waals surface area contributed by atoms with Gasteiger partial charge in [0.1, 0.15) is 0 Å². The van der Waals surface area contributed by atoms with Gasteiger partial charge in [-0.2, -0.15) is 0 Å². The predicted molar refractivity (Wildman–Crippen MR) is 59.0 cm³/mol. The zero-order valence-electron chi connectivity index (χ0n) is 8.23. The Balaban J connectivity index is 2.69. The lowest BCUT2D eigenvalue weighted by Crippen LogP contribution is -2.08. The summed E-state index contributed by atoms with van der Waals surface area (Å²) in [5.74, 6) is -0.318. The van der Waals surface area contributed by atoms with Gasteiger partial charge in [-0.3, -0.25) is 4.57 Å². The largest absolute Gasteiger partial charge is 0.419 e. The van der Waals surface area contributed by atoms with Gasteiger partial charge < -0.3 is 4.42 Å². The third-order valence-electron chi connectivity index (χ3n) is 2.67. The van der Waals surface area contributed by atoms with E-state index in [-0.39, 0.29) is 5.76 Å². The molecule has 0 aliphatic rings. The zero-order chi connectivity index (χ0) is 10.4. The summed E-state index contributed by atoms with van der Waals surface area (Å²) < 4.78 is 6.65. The van der Waals surface area contributed by atoms with Crippen LogP contribution in [0, 0.1) is 0 Å². The van der Waals surface area contributed by atoms with Crippen molar-refractivity contribution in [2.24, 2.45) is 7.05 Å². The first-order chi connectivity index (χ1) is 7.27. The van der Waals surface area contributed by atoms with Gasteiger partial charge in [0.25, 0.3) is 0 Å². The molecule has 74 valence electrons. The predicted octanol–water partition coefficient (Wildman–Crippen LogP) is 2.28. The van der Waals surface area contributed by atoms with Crippen LogP contribution in [0.15, 0.2) is 45.6 Å². The Morgan fingerprint density at radius 2 is 1.93 bits per heavy atom. The van der Waals surface area contributed by atoms with Crippen molar-refractivity contribution in [1.82, 2.24) is 4.57 Å². The Kier molecular flexibility index (Phi) is 1.51. The van der Waals surface area contributed by atoms with Gasteiger partial charge in [-0.1, -0.05) is 30.3 Å². The molecule has 0 aliphatic heterocycles. The highest BCUT2D eigenvalue weighted by Gasteiger charge is 2.08. The monoisotopic (exact) mass is 199 g/mol. The van der Waals surface area contributed by atoms with Crippen LogP contribution in [0.1, 0.15) is 0 Å². The summed E-state index contributed by atoms with van der Waals surface area (Å²) in [7, 11) is 1.72. The average Bonchev–Trinajstić information content (AvgIpc) is 2.55. The third-order valence-corrected chi connectivity index (χ3v) is 2.67. The molecule has 2 aromatic carbocycles. The van der Waals surface area contributed by atoms with Crippen molar-refractivity contribution in [2.75, 3.05) is 0 Å². The van der Waals surface area contributed by atoms with E-state index in [2.05, 4.69) is 0 Å². The molecule has 3 nitrogen and oxygen atoms in total. The van der Waals surface area contributed by atoms with Crippen LogP contribution in [0.2, 0.25) is 0 Å². The molecule has 3 rings (SSSR count). The molecule has 0 radical (unpaired) electrons. The van der Waals surface area contributed by atoms with E-state index < -0.39 is 0 Å². The van der Waals surface area contributed by atoms with Crippen LogP contribution in [0.5, 0.6) is 0 Å². The van der Waals surface area contributed by atoms with E-state index in [4.69, 9.17) is 4.42 Å². The Morgan fingerprint density at radius 3 is 2.80 bits per heavy atom. The second-order valence-electron chi connectivity index (χ2n) is 3.56. The highest BCUT2D eigenvalue weighted by Crippen LogP contribution is 2.23. The van der Waals surface area contributed by atoms with E-state index in [9.17, 15) is 4.79 Å². The Bertz CT molecular complexity index is 706. The van der Waals surface area contributed by atoms with Gasteiger partial charge in [-0.15, -0.1) is 0 Å². The van der Waals surface area contributed by atoms with Crippen LogP contribution >= 0.6 is 0 Å². The summed E-state index contributed by atoms with van der Waals surface area (Å²) >= 11 is 0. The Labute approximate surface area is 85.5 Å². The second-order valence-corrected chi connectivity index (χ2v) is 3.56. The molecule has 0 amide bonds. The number of nitrogens with zero attached hydrogens (tertiary/aromatic N) is 1. The van der Waals surface area contributed by atoms with Crippen molar-refractivity contribution < 1.29 is 4.42 Å². The minimum atomic E-state index is -0.318. The van der Waals surface area contributed by atoms with Crippen LogP contribution < -0.4 is 5.76 Å². The van der Waals surface area contributed by atoms with Crippen molar-refractivity contribution in [3.05, 3.63) is 46.9 Å². The topological polar surface area (TPSA) is 35.1 Å². The molecule has 3 heteroatoms. The minimum Gasteiger partial charge on any atom is -0.408 e. The summed E-state index contributed by atoms with van der Waals surface area (Å²) in [6.45, 7) is 0. The van der Waals surface area contributed by atoms with Crippen molar-refractivity contribution in [1.29, 1.82) is 0 Å². The molecule has 0 saturated carbocycles. The molecule has 3 aromatic rings. The molecule has 0 bridgehead atoms. The Hall–Kier alpha value is -2.03. The van der Waals surface area contributed by atoms with Gasteiger partial charge in [0.15, 0.2) is 5.58 Å². The number of aryl methyl sites for hydroxylation is 1. The molecule has 0 saturated heterocycles. The van der Waals surface area contributed by atoms with Gasteiger partial charge in [0.2, 0.25) is 0 Å². The Morgan fingerprint density at radius 1 is 1.13 bits per heavy atom. The van der Waals surface area contributed by atoms with Crippen LogP contribution in [0.3, 0.4) is 0 Å². The number of hydrogen-bond acceptors (Lipinski definition) is 2. The summed E-state index contributed by atoms with van der Waals surface area (Å²) in [6, 6.07) is 11.7. The quantitative estimate of drug-likeness (QED) is 0.556. The molecule has 1 aromatic heterocycles. The smallest absolute Gasteiger partial charge is 0.408 e. The van der Waals surface area contributed by atoms with Crippen LogP contribution in [-0.4, -0.2) is 4.57 Å². The standard InChI is InChI=1S/C12H9NO2/c1-13-11-9-5-3-2-4-8(9)6-7-10(11)15-12(13)14/h2-7H,1H3. The highest BCUT2D eigenvalue weighted by atomic mass is 16.4. The SMILES string of the molecule is Cn1c(=O)oc2ccc3ccccc3c21. The van der Waals surface area contributed by atoms with E-state index in [1.807, 2.05) is 36.4 Å². The maximum atomic E-state index is 11.4. The lowest BCUT2D eigenvalue weighted by atomic mass is 10.1. The molecule has 0 fully saturated rings. The highest BCUT2D eigenvalue weighted by molar-refractivity contribution is 6.03. The maximum absolute atomic E-state index is 11.4. The lowest BCUT2D eigenvalue weighted by Gasteiger charge is -1.98. The zero-order valence-corrected chi connectivity index (χ0v) is 8.23. The van der Waals surface area contributed by atoms with Crippen molar-refractivity contribution in [3.8, 4) is 0 Å². The van der Waals surface area contributed by atoms with Crippen molar-refractivity contribution in [3.63, 3.8) is 0 Å². The number of hydrogen-bond donors (Lipinski definition) is 0. The second kappa shape index (κ2) is 2.73. The summed E-state index contributed by atoms with van der Waals surface area (Å²) in [5, 5.41) is 2.16. The lowest BCUT2D eigenvalue weighted by molar-refractivity contribution is 0.528. The molecule has 0 spiro atoms. The molecular weight excluding hydrogens is 190 g/mol. The molecular formula is C12H9NO2. The minimum absolute atomic E-state index is 0.318. The average molecular weight is 199 g/mol. The van der Waals surface area contributed by atoms with E-state index in [0.29, 0.717) is 5.58 Å². The molecule has 1 heterocycles. The number of aromatic nitrogens is 1. The molecule has 0 atom stereocenters. The van der Waals surface area contributed by atoms with Crippen LogP contribution in [0.25, 0.3) is 21.9 Å². The van der Waals surface area contributed by atoms with Crippen LogP contribution in [-0.2, 0) is 7.05 Å². The van der Waals surface area contributed by atoms with E-state index in [1.165, 1.54) is 4.57 Å². The first-order valence-corrected chi connectivity index (χ1v) is 4.74. The van der Waals surface area contributed by atoms with Crippen molar-refractivity contribution >= 4 is 21.9 Å². The number of benzene rings is 2. The van der Waals surface area contributed by atoms with Crippen molar-refractivity contribution in [2.45, 2.75) is 0 Å². The molecule has 0 N–H and O–H groups in total. The fraction of sp³-hybridized carbons (Fsp3) is 0.0833. The number of oxazole rings is 1. The molecule has 15 heavy (non-hydrogen) atoms. The summed E-state index contributed by atoms with van der Waals surface area (Å²) in [5.41, 5.74) is 1.50. The fourth-order valence-corrected chi connectivity index (χ4v) is 1.92. The summed E-state index contributed by atoms with van der Waals surface area (Å²) in [6.07, 6.45) is 0. The number of fused-ring (bicyclic) bond motifs is 3. The van der Waals surface area contributed by atoms with Gasteiger partial charge >= 0.3 is 5.76 Å². The van der Waals surface area contributed by atoms with E-state index in [1.54, 1.807) is 7.05 Å². The summed E-state index contributed by atoms with van der Waals surface area (Å²) in [4.78, 5) is 11.4. The van der Waals surface area contributed by atoms with E-state index in [0.717, 1.165) is 16.3 Å². The maximum Gasteiger partial charge on any atom is 0.419 e. The normalized spacial score (nSPS) is 11.3. The number of rotatable bonds is 0. The van der Waals surface area contributed by atoms with Gasteiger partial charge in [-0.05, 0) is 11.5 Å². The first-order valence-electron chi connectivity index (χ1n) is 4.74. The van der Waals surface area contributed by atoms with Gasteiger partial charge in [0, 0.05) is 12.4 Å². The third kappa shape index (κ3) is 1.03. The first kappa shape index (κ1) is 8.29. The molecule has 0 unspecified atom stereocenters.